The molecule has 1 fully saturated rings. The Labute approximate surface area is 76.2 Å². The van der Waals surface area contributed by atoms with Crippen LogP contribution in [0.5, 0.6) is 0 Å². The van der Waals surface area contributed by atoms with E-state index in [1.165, 1.54) is 30.3 Å². The zero-order valence-electron chi connectivity index (χ0n) is 7.33. The molecule has 2 aromatic heterocycles. The highest BCUT2D eigenvalue weighted by Crippen LogP contribution is 2.37. The van der Waals surface area contributed by atoms with Gasteiger partial charge in [0.05, 0.1) is 6.20 Å². The summed E-state index contributed by atoms with van der Waals surface area (Å²) in [5.74, 6) is 0.715. The van der Waals surface area contributed by atoms with E-state index in [0.717, 1.165) is 5.52 Å². The molecule has 0 spiro atoms. The van der Waals surface area contributed by atoms with Gasteiger partial charge in [-0.25, -0.2) is 0 Å². The molecule has 1 saturated carbocycles. The maximum atomic E-state index is 4.23. The number of nitrogens with zero attached hydrogens (tertiary/aromatic N) is 2. The quantitative estimate of drug-likeness (QED) is 0.718. The highest BCUT2D eigenvalue weighted by molar-refractivity contribution is 5.80. The number of aromatic nitrogens is 3. The third kappa shape index (κ3) is 0.963. The van der Waals surface area contributed by atoms with Crippen LogP contribution in [0.15, 0.2) is 18.5 Å². The zero-order valence-corrected chi connectivity index (χ0v) is 7.33. The molecule has 0 atom stereocenters. The Kier molecular flexibility index (Phi) is 1.39. The largest absolute Gasteiger partial charge is 0.281 e. The number of pyridine rings is 1. The van der Waals surface area contributed by atoms with Crippen molar-refractivity contribution < 1.29 is 0 Å². The van der Waals surface area contributed by atoms with Crippen LogP contribution in [0.3, 0.4) is 0 Å². The summed E-state index contributed by atoms with van der Waals surface area (Å²) in [5.41, 5.74) is 2.30. The molecule has 0 bridgehead atoms. The Hall–Kier alpha value is -1.38. The standard InChI is InChI=1S/C10H11N3/c1-2-7(3-1)10-8-4-5-11-6-9(8)12-13-10/h4-7H,1-3H2,(H,12,13). The first-order valence-corrected chi connectivity index (χ1v) is 4.73. The highest BCUT2D eigenvalue weighted by Gasteiger charge is 2.22. The van der Waals surface area contributed by atoms with Crippen LogP contribution >= 0.6 is 0 Å². The molecule has 13 heavy (non-hydrogen) atoms. The summed E-state index contributed by atoms with van der Waals surface area (Å²) >= 11 is 0. The second-order valence-electron chi connectivity index (χ2n) is 3.66. The highest BCUT2D eigenvalue weighted by atomic mass is 15.1. The number of aromatic amines is 1. The van der Waals surface area contributed by atoms with Gasteiger partial charge in [0.25, 0.3) is 0 Å². The maximum Gasteiger partial charge on any atom is 0.111 e. The van der Waals surface area contributed by atoms with Crippen molar-refractivity contribution in [2.75, 3.05) is 0 Å². The van der Waals surface area contributed by atoms with Crippen LogP contribution in [0.2, 0.25) is 0 Å². The van der Waals surface area contributed by atoms with Gasteiger partial charge in [0.2, 0.25) is 0 Å². The Morgan fingerprint density at radius 1 is 1.38 bits per heavy atom. The van der Waals surface area contributed by atoms with E-state index in [4.69, 9.17) is 0 Å². The molecule has 1 N–H and O–H groups in total. The molecule has 0 aromatic carbocycles. The topological polar surface area (TPSA) is 41.6 Å². The number of hydrogen-bond donors (Lipinski definition) is 1. The van der Waals surface area contributed by atoms with Gasteiger partial charge in [-0.05, 0) is 18.9 Å². The second-order valence-corrected chi connectivity index (χ2v) is 3.66. The maximum absolute atomic E-state index is 4.23. The van der Waals surface area contributed by atoms with Crippen molar-refractivity contribution >= 4 is 10.9 Å². The second kappa shape index (κ2) is 2.55. The predicted octanol–water partition coefficient (Wildman–Crippen LogP) is 2.23. The fraction of sp³-hybridized carbons (Fsp3) is 0.400. The monoisotopic (exact) mass is 173 g/mol. The first-order chi connectivity index (χ1) is 6.45. The number of hydrogen-bond acceptors (Lipinski definition) is 2. The van der Waals surface area contributed by atoms with Gasteiger partial charge in [-0.15, -0.1) is 0 Å². The molecule has 2 aromatic rings. The zero-order chi connectivity index (χ0) is 8.67. The molecule has 0 aliphatic heterocycles. The lowest BCUT2D eigenvalue weighted by Gasteiger charge is -2.24. The number of H-pyrrole nitrogens is 1. The lowest BCUT2D eigenvalue weighted by Crippen LogP contribution is -2.09. The van der Waals surface area contributed by atoms with Crippen molar-refractivity contribution in [2.24, 2.45) is 0 Å². The van der Waals surface area contributed by atoms with Crippen LogP contribution in [0.25, 0.3) is 10.9 Å². The summed E-state index contributed by atoms with van der Waals surface area (Å²) in [6.45, 7) is 0. The van der Waals surface area contributed by atoms with E-state index < -0.39 is 0 Å². The average Bonchev–Trinajstić information content (AvgIpc) is 2.47. The molecule has 0 amide bonds. The van der Waals surface area contributed by atoms with Crippen LogP contribution in [0.4, 0.5) is 0 Å². The Morgan fingerprint density at radius 3 is 3.08 bits per heavy atom. The molecule has 2 heterocycles. The summed E-state index contributed by atoms with van der Waals surface area (Å²) in [6.07, 6.45) is 7.61. The minimum Gasteiger partial charge on any atom is -0.281 e. The lowest BCUT2D eigenvalue weighted by atomic mass is 9.82. The summed E-state index contributed by atoms with van der Waals surface area (Å²) in [4.78, 5) is 4.05. The van der Waals surface area contributed by atoms with Crippen molar-refractivity contribution in [3.05, 3.63) is 24.2 Å². The van der Waals surface area contributed by atoms with Crippen LogP contribution in [0, 0.1) is 0 Å². The van der Waals surface area contributed by atoms with Crippen LogP contribution in [-0.2, 0) is 0 Å². The third-order valence-corrected chi connectivity index (χ3v) is 2.90. The Bertz CT molecular complexity index is 428. The van der Waals surface area contributed by atoms with E-state index in [2.05, 4.69) is 15.2 Å². The van der Waals surface area contributed by atoms with Crippen LogP contribution in [-0.4, -0.2) is 15.2 Å². The predicted molar refractivity (Wildman–Crippen MR) is 50.5 cm³/mol. The van der Waals surface area contributed by atoms with Gasteiger partial charge >= 0.3 is 0 Å². The molecule has 1 aliphatic carbocycles. The first kappa shape index (κ1) is 7.06. The van der Waals surface area contributed by atoms with E-state index in [1.807, 2.05) is 18.5 Å². The minimum atomic E-state index is 0.715. The van der Waals surface area contributed by atoms with Gasteiger partial charge in [-0.3, -0.25) is 10.1 Å². The van der Waals surface area contributed by atoms with Gasteiger partial charge in [0, 0.05) is 23.2 Å². The van der Waals surface area contributed by atoms with Crippen LogP contribution in [0.1, 0.15) is 30.9 Å². The fourth-order valence-corrected chi connectivity index (χ4v) is 1.89. The van der Waals surface area contributed by atoms with E-state index in [0.29, 0.717) is 5.92 Å². The molecule has 3 nitrogen and oxygen atoms in total. The van der Waals surface area contributed by atoms with Gasteiger partial charge in [-0.2, -0.15) is 5.10 Å². The molecule has 1 aliphatic rings. The normalized spacial score (nSPS) is 17.5. The molecule has 0 saturated heterocycles. The van der Waals surface area contributed by atoms with Crippen molar-refractivity contribution in [2.45, 2.75) is 25.2 Å². The molecule has 66 valence electrons. The molecular formula is C10H11N3. The van der Waals surface area contributed by atoms with Gasteiger partial charge in [-0.1, -0.05) is 6.42 Å². The summed E-state index contributed by atoms with van der Waals surface area (Å²) in [5, 5.41) is 8.61. The van der Waals surface area contributed by atoms with Crippen molar-refractivity contribution in [3.63, 3.8) is 0 Å². The third-order valence-electron chi connectivity index (χ3n) is 2.90. The molecule has 0 radical (unpaired) electrons. The van der Waals surface area contributed by atoms with Crippen molar-refractivity contribution in [1.29, 1.82) is 0 Å². The van der Waals surface area contributed by atoms with Gasteiger partial charge < -0.3 is 0 Å². The summed E-state index contributed by atoms with van der Waals surface area (Å²) in [6, 6.07) is 2.05. The van der Waals surface area contributed by atoms with Crippen LogP contribution < -0.4 is 0 Å². The first-order valence-electron chi connectivity index (χ1n) is 4.73. The van der Waals surface area contributed by atoms with Gasteiger partial charge in [0.1, 0.15) is 5.52 Å². The summed E-state index contributed by atoms with van der Waals surface area (Å²) in [7, 11) is 0. The van der Waals surface area contributed by atoms with Gasteiger partial charge in [0.15, 0.2) is 0 Å². The average molecular weight is 173 g/mol. The number of nitrogens with one attached hydrogen (secondary N) is 1. The SMILES string of the molecule is c1cc2c(C3CCC3)[nH]nc2cn1. The smallest absolute Gasteiger partial charge is 0.111 e. The molecule has 0 unspecified atom stereocenters. The Balaban J connectivity index is 2.17. The molecular weight excluding hydrogens is 162 g/mol. The lowest BCUT2D eigenvalue weighted by molar-refractivity contribution is 0.413. The van der Waals surface area contributed by atoms with Crippen molar-refractivity contribution in [1.82, 2.24) is 15.2 Å². The molecule has 3 rings (SSSR count). The minimum absolute atomic E-state index is 0.715. The van der Waals surface area contributed by atoms with E-state index in [1.54, 1.807) is 0 Å². The fourth-order valence-electron chi connectivity index (χ4n) is 1.89. The molecule has 3 heteroatoms. The number of rotatable bonds is 1. The van der Waals surface area contributed by atoms with Crippen molar-refractivity contribution in [3.8, 4) is 0 Å². The number of fused-ring (bicyclic) bond motifs is 1. The van der Waals surface area contributed by atoms with E-state index in [9.17, 15) is 0 Å². The summed E-state index contributed by atoms with van der Waals surface area (Å²) < 4.78 is 0. The van der Waals surface area contributed by atoms with E-state index >= 15 is 0 Å². The Morgan fingerprint density at radius 2 is 2.31 bits per heavy atom. The van der Waals surface area contributed by atoms with E-state index in [-0.39, 0.29) is 0 Å².